The van der Waals surface area contributed by atoms with Gasteiger partial charge in [0.05, 0.1) is 0 Å². The number of rotatable bonds is 2. The van der Waals surface area contributed by atoms with E-state index in [-0.39, 0.29) is 24.0 Å². The zero-order valence-corrected chi connectivity index (χ0v) is 15.0. The molecule has 1 aromatic carbocycles. The van der Waals surface area contributed by atoms with Gasteiger partial charge >= 0.3 is 12.1 Å². The molecule has 134 valence electrons. The van der Waals surface area contributed by atoms with Gasteiger partial charge in [-0.15, -0.1) is 0 Å². The quantitative estimate of drug-likeness (QED) is 0.791. The summed E-state index contributed by atoms with van der Waals surface area (Å²) in [5, 5.41) is 6.17. The predicted molar refractivity (Wildman–Crippen MR) is 94.5 cm³/mol. The number of likely N-dealkylation sites (tertiary alicyclic amines) is 1. The zero-order chi connectivity index (χ0) is 18.2. The molecule has 2 aliphatic heterocycles. The summed E-state index contributed by atoms with van der Waals surface area (Å²) in [6, 6.07) is 6.15. The smallest absolute Gasteiger partial charge is 0.324 e. The summed E-state index contributed by atoms with van der Waals surface area (Å²) in [6.45, 7) is 4.41. The van der Waals surface area contributed by atoms with Crippen LogP contribution in [0.2, 0.25) is 5.02 Å². The first-order chi connectivity index (χ1) is 11.8. The molecule has 1 aromatic rings. The van der Waals surface area contributed by atoms with Crippen molar-refractivity contribution in [1.82, 2.24) is 15.1 Å². The number of carbonyl (C=O) groups is 3. The number of carbonyl (C=O) groups excluding carboxylic acids is 3. The average Bonchev–Trinajstić information content (AvgIpc) is 2.78. The van der Waals surface area contributed by atoms with Crippen LogP contribution in [-0.4, -0.2) is 52.4 Å². The molecule has 0 atom stereocenters. The number of hydrogen-bond donors (Lipinski definition) is 2. The van der Waals surface area contributed by atoms with E-state index in [0.717, 1.165) is 0 Å². The Hall–Kier alpha value is -2.28. The lowest BCUT2D eigenvalue weighted by Crippen LogP contribution is -2.56. The molecular formula is C17H21ClN4O3. The first-order valence-corrected chi connectivity index (χ1v) is 8.67. The molecule has 8 heteroatoms. The largest absolute Gasteiger partial charge is 0.325 e. The Morgan fingerprint density at radius 1 is 1.28 bits per heavy atom. The van der Waals surface area contributed by atoms with Crippen LogP contribution in [0.25, 0.3) is 0 Å². The van der Waals surface area contributed by atoms with Crippen molar-refractivity contribution in [2.75, 3.05) is 18.4 Å². The van der Waals surface area contributed by atoms with E-state index in [1.807, 2.05) is 13.8 Å². The van der Waals surface area contributed by atoms with E-state index in [0.29, 0.717) is 36.6 Å². The third-order valence-electron chi connectivity index (χ3n) is 4.69. The van der Waals surface area contributed by atoms with E-state index in [1.165, 1.54) is 4.90 Å². The van der Waals surface area contributed by atoms with E-state index >= 15 is 0 Å². The summed E-state index contributed by atoms with van der Waals surface area (Å²) in [4.78, 5) is 40.0. The lowest BCUT2D eigenvalue weighted by Gasteiger charge is -2.37. The molecule has 0 aromatic heterocycles. The van der Waals surface area contributed by atoms with Crippen LogP contribution in [0.5, 0.6) is 0 Å². The van der Waals surface area contributed by atoms with Gasteiger partial charge in [-0.2, -0.15) is 0 Å². The Bertz CT molecular complexity index is 714. The van der Waals surface area contributed by atoms with Crippen molar-refractivity contribution < 1.29 is 14.4 Å². The molecule has 2 heterocycles. The fraction of sp³-hybridized carbons (Fsp3) is 0.471. The van der Waals surface area contributed by atoms with Crippen molar-refractivity contribution in [2.24, 2.45) is 0 Å². The summed E-state index contributed by atoms with van der Waals surface area (Å²) in [5.41, 5.74) is -0.261. The van der Waals surface area contributed by atoms with Crippen molar-refractivity contribution >= 4 is 35.3 Å². The van der Waals surface area contributed by atoms with Crippen molar-refractivity contribution in [1.29, 1.82) is 0 Å². The molecule has 25 heavy (non-hydrogen) atoms. The van der Waals surface area contributed by atoms with Crippen molar-refractivity contribution in [3.8, 4) is 0 Å². The summed E-state index contributed by atoms with van der Waals surface area (Å²) in [6.07, 6.45) is 0.813. The number of nitrogens with one attached hydrogen (secondary N) is 2. The Labute approximate surface area is 151 Å². The molecule has 0 saturated carbocycles. The molecule has 2 saturated heterocycles. The van der Waals surface area contributed by atoms with E-state index in [4.69, 9.17) is 11.6 Å². The normalized spacial score (nSPS) is 19.5. The minimum Gasteiger partial charge on any atom is -0.324 e. The average molecular weight is 365 g/mol. The molecule has 7 nitrogen and oxygen atoms in total. The van der Waals surface area contributed by atoms with Crippen LogP contribution in [0.1, 0.15) is 26.7 Å². The lowest BCUT2D eigenvalue weighted by molar-refractivity contribution is -0.133. The SMILES string of the molecule is CC(C)N1C(=O)NC2(CCN(C(=O)Nc3cccc(Cl)c3)CC2)C1=O. The maximum Gasteiger partial charge on any atom is 0.325 e. The van der Waals surface area contributed by atoms with Gasteiger partial charge < -0.3 is 15.5 Å². The minimum atomic E-state index is -0.881. The minimum absolute atomic E-state index is 0.184. The summed E-state index contributed by atoms with van der Waals surface area (Å²) >= 11 is 5.92. The van der Waals surface area contributed by atoms with Gasteiger partial charge in [-0.25, -0.2) is 9.59 Å². The van der Waals surface area contributed by atoms with Crippen LogP contribution in [0, 0.1) is 0 Å². The fourth-order valence-corrected chi connectivity index (χ4v) is 3.50. The first kappa shape index (κ1) is 17.5. The standard InChI is InChI=1S/C17H21ClN4O3/c1-11(2)22-14(23)17(20-16(22)25)6-8-21(9-7-17)15(24)19-13-5-3-4-12(18)10-13/h3-5,10-11H,6-9H2,1-2H3,(H,19,24)(H,20,25). The van der Waals surface area contributed by atoms with Gasteiger partial charge in [0, 0.05) is 29.8 Å². The van der Waals surface area contributed by atoms with E-state index in [2.05, 4.69) is 10.6 Å². The Morgan fingerprint density at radius 2 is 1.96 bits per heavy atom. The molecule has 0 aliphatic carbocycles. The van der Waals surface area contributed by atoms with Gasteiger partial charge in [-0.1, -0.05) is 17.7 Å². The second-order valence-corrected chi connectivity index (χ2v) is 7.15. The highest BCUT2D eigenvalue weighted by Gasteiger charge is 2.53. The number of hydrogen-bond acceptors (Lipinski definition) is 3. The second kappa shape index (κ2) is 6.55. The molecule has 0 unspecified atom stereocenters. The van der Waals surface area contributed by atoms with Crippen LogP contribution in [0.15, 0.2) is 24.3 Å². The molecule has 2 aliphatic rings. The number of halogens is 1. The number of nitrogens with zero attached hydrogens (tertiary/aromatic N) is 2. The number of benzene rings is 1. The van der Waals surface area contributed by atoms with Crippen molar-refractivity contribution in [3.63, 3.8) is 0 Å². The van der Waals surface area contributed by atoms with Crippen LogP contribution in [-0.2, 0) is 4.79 Å². The molecule has 1 spiro atoms. The predicted octanol–water partition coefficient (Wildman–Crippen LogP) is 2.67. The summed E-state index contributed by atoms with van der Waals surface area (Å²) in [5.74, 6) is -0.192. The van der Waals surface area contributed by atoms with Gasteiger partial charge in [-0.3, -0.25) is 9.69 Å². The topological polar surface area (TPSA) is 81.8 Å². The first-order valence-electron chi connectivity index (χ1n) is 8.30. The van der Waals surface area contributed by atoms with E-state index < -0.39 is 5.54 Å². The van der Waals surface area contributed by atoms with Crippen LogP contribution in [0.3, 0.4) is 0 Å². The molecule has 2 N–H and O–H groups in total. The molecule has 0 bridgehead atoms. The Kier molecular flexibility index (Phi) is 4.60. The van der Waals surface area contributed by atoms with Gasteiger partial charge in [0.1, 0.15) is 5.54 Å². The molecular weight excluding hydrogens is 344 g/mol. The highest BCUT2D eigenvalue weighted by molar-refractivity contribution is 6.30. The number of piperidine rings is 1. The second-order valence-electron chi connectivity index (χ2n) is 6.71. The molecule has 3 rings (SSSR count). The third kappa shape index (κ3) is 3.28. The van der Waals surface area contributed by atoms with Crippen LogP contribution in [0.4, 0.5) is 15.3 Å². The number of amides is 5. The van der Waals surface area contributed by atoms with Gasteiger partial charge in [-0.05, 0) is 44.9 Å². The van der Waals surface area contributed by atoms with Gasteiger partial charge in [0.2, 0.25) is 0 Å². The highest BCUT2D eigenvalue weighted by Crippen LogP contribution is 2.30. The Morgan fingerprint density at radius 3 is 2.52 bits per heavy atom. The van der Waals surface area contributed by atoms with Gasteiger partial charge in [0.15, 0.2) is 0 Å². The maximum absolute atomic E-state index is 12.6. The van der Waals surface area contributed by atoms with E-state index in [9.17, 15) is 14.4 Å². The number of imide groups is 1. The molecule has 0 radical (unpaired) electrons. The van der Waals surface area contributed by atoms with Gasteiger partial charge in [0.25, 0.3) is 5.91 Å². The zero-order valence-electron chi connectivity index (χ0n) is 14.2. The highest BCUT2D eigenvalue weighted by atomic mass is 35.5. The van der Waals surface area contributed by atoms with Crippen LogP contribution >= 0.6 is 11.6 Å². The van der Waals surface area contributed by atoms with Crippen LogP contribution < -0.4 is 10.6 Å². The molecule has 5 amide bonds. The summed E-state index contributed by atoms with van der Waals surface area (Å²) < 4.78 is 0. The summed E-state index contributed by atoms with van der Waals surface area (Å²) in [7, 11) is 0. The third-order valence-corrected chi connectivity index (χ3v) is 4.92. The Balaban J connectivity index is 1.63. The lowest BCUT2D eigenvalue weighted by atomic mass is 9.87. The maximum atomic E-state index is 12.6. The monoisotopic (exact) mass is 364 g/mol. The van der Waals surface area contributed by atoms with Crippen molar-refractivity contribution in [3.05, 3.63) is 29.3 Å². The van der Waals surface area contributed by atoms with E-state index in [1.54, 1.807) is 29.2 Å². The molecule has 2 fully saturated rings. The van der Waals surface area contributed by atoms with Crippen molar-refractivity contribution in [2.45, 2.75) is 38.3 Å². The number of urea groups is 2. The number of anilines is 1. The fourth-order valence-electron chi connectivity index (χ4n) is 3.31.